The molecule has 1 N–H and O–H groups in total. The Balaban J connectivity index is 1.66. The quantitative estimate of drug-likeness (QED) is 0.727. The largest absolute Gasteiger partial charge is 0.454 e. The highest BCUT2D eigenvalue weighted by molar-refractivity contribution is 6.32. The molecule has 1 aromatic heterocycles. The van der Waals surface area contributed by atoms with E-state index in [-0.39, 0.29) is 18.6 Å². The first-order valence-electron chi connectivity index (χ1n) is 8.65. The van der Waals surface area contributed by atoms with Crippen LogP contribution in [0.5, 0.6) is 11.5 Å². The van der Waals surface area contributed by atoms with Crippen molar-refractivity contribution in [2.45, 2.75) is 19.3 Å². The summed E-state index contributed by atoms with van der Waals surface area (Å²) in [7, 11) is 0. The molecule has 2 aliphatic rings. The van der Waals surface area contributed by atoms with Gasteiger partial charge in [-0.05, 0) is 36.8 Å². The topological polar surface area (TPSA) is 65.4 Å². The van der Waals surface area contributed by atoms with E-state index in [1.165, 1.54) is 0 Å². The normalized spacial score (nSPS) is 17.6. The van der Waals surface area contributed by atoms with Gasteiger partial charge < -0.3 is 14.8 Å². The Labute approximate surface area is 160 Å². The van der Waals surface area contributed by atoms with E-state index in [2.05, 4.69) is 10.4 Å². The Bertz CT molecular complexity index is 1080. The minimum absolute atomic E-state index is 0.0571. The van der Waals surface area contributed by atoms with Crippen LogP contribution in [0.15, 0.2) is 42.5 Å². The van der Waals surface area contributed by atoms with Gasteiger partial charge in [0.15, 0.2) is 11.5 Å². The lowest BCUT2D eigenvalue weighted by Crippen LogP contribution is -2.25. The van der Waals surface area contributed by atoms with Crippen molar-refractivity contribution in [2.24, 2.45) is 0 Å². The Kier molecular flexibility index (Phi) is 3.62. The third kappa shape index (κ3) is 2.56. The molecule has 5 rings (SSSR count). The summed E-state index contributed by atoms with van der Waals surface area (Å²) in [6, 6.07) is 13.3. The van der Waals surface area contributed by atoms with Crippen LogP contribution in [0.25, 0.3) is 5.69 Å². The first kappa shape index (κ1) is 16.2. The van der Waals surface area contributed by atoms with Gasteiger partial charge in [0.1, 0.15) is 5.82 Å². The van der Waals surface area contributed by atoms with Gasteiger partial charge in [-0.2, -0.15) is 5.10 Å². The van der Waals surface area contributed by atoms with E-state index in [9.17, 15) is 4.79 Å². The molecule has 3 heterocycles. The highest BCUT2D eigenvalue weighted by atomic mass is 35.5. The molecule has 27 heavy (non-hydrogen) atoms. The first-order chi connectivity index (χ1) is 13.1. The first-order valence-corrected chi connectivity index (χ1v) is 9.03. The van der Waals surface area contributed by atoms with Crippen LogP contribution in [-0.4, -0.2) is 22.5 Å². The molecule has 0 unspecified atom stereocenters. The number of carbonyl (C=O) groups excluding carboxylic acids is 1. The molecular weight excluding hydrogens is 366 g/mol. The number of nitrogens with zero attached hydrogens (tertiary/aromatic N) is 2. The van der Waals surface area contributed by atoms with Crippen LogP contribution in [-0.2, 0) is 4.79 Å². The molecule has 2 aromatic carbocycles. The van der Waals surface area contributed by atoms with Crippen molar-refractivity contribution in [3.05, 3.63) is 64.3 Å². The molecule has 0 radical (unpaired) electrons. The van der Waals surface area contributed by atoms with E-state index in [1.54, 1.807) is 10.7 Å². The maximum Gasteiger partial charge on any atom is 0.231 e. The van der Waals surface area contributed by atoms with Crippen LogP contribution in [0, 0.1) is 6.92 Å². The molecular formula is C20H16ClN3O3. The second kappa shape index (κ2) is 6.03. The van der Waals surface area contributed by atoms with E-state index >= 15 is 0 Å². The number of carbonyl (C=O) groups is 1. The zero-order valence-electron chi connectivity index (χ0n) is 14.5. The fraction of sp³-hybridized carbons (Fsp3) is 0.200. The third-order valence-corrected chi connectivity index (χ3v) is 5.30. The fourth-order valence-electron chi connectivity index (χ4n) is 3.76. The zero-order chi connectivity index (χ0) is 18.5. The Morgan fingerprint density at radius 3 is 2.85 bits per heavy atom. The Morgan fingerprint density at radius 2 is 2.00 bits per heavy atom. The number of anilines is 1. The summed E-state index contributed by atoms with van der Waals surface area (Å²) in [6.45, 7) is 2.17. The maximum atomic E-state index is 12.5. The molecule has 1 amide bonds. The minimum Gasteiger partial charge on any atom is -0.454 e. The molecule has 6 nitrogen and oxygen atoms in total. The number of hydrogen-bond acceptors (Lipinski definition) is 4. The third-order valence-electron chi connectivity index (χ3n) is 4.98. The number of rotatable bonds is 2. The molecule has 2 aliphatic heterocycles. The van der Waals surface area contributed by atoms with Gasteiger partial charge in [-0.15, -0.1) is 0 Å². The standard InChI is InChI=1S/C20H16ClN3O3/c1-11-19-13(12-6-7-16-17(8-12)27-10-26-16)9-18(25)22-20(19)24(23-11)15-5-3-2-4-14(15)21/h2-8,13H,9-10H2,1H3,(H,22,25)/t13-/m0/s1. The van der Waals surface area contributed by atoms with Gasteiger partial charge in [0.25, 0.3) is 0 Å². The highest BCUT2D eigenvalue weighted by Crippen LogP contribution is 2.43. The van der Waals surface area contributed by atoms with Crippen molar-refractivity contribution in [1.29, 1.82) is 0 Å². The van der Waals surface area contributed by atoms with Gasteiger partial charge in [-0.3, -0.25) is 4.79 Å². The molecule has 1 atom stereocenters. The van der Waals surface area contributed by atoms with Crippen molar-refractivity contribution >= 4 is 23.3 Å². The summed E-state index contributed by atoms with van der Waals surface area (Å²) in [5.74, 6) is 1.93. The predicted molar refractivity (Wildman–Crippen MR) is 101 cm³/mol. The van der Waals surface area contributed by atoms with Crippen molar-refractivity contribution < 1.29 is 14.3 Å². The number of amides is 1. The van der Waals surface area contributed by atoms with Crippen LogP contribution >= 0.6 is 11.6 Å². The van der Waals surface area contributed by atoms with Crippen molar-refractivity contribution in [2.75, 3.05) is 12.1 Å². The number of nitrogens with one attached hydrogen (secondary N) is 1. The van der Waals surface area contributed by atoms with Gasteiger partial charge in [0, 0.05) is 17.9 Å². The lowest BCUT2D eigenvalue weighted by molar-refractivity contribution is -0.116. The summed E-state index contributed by atoms with van der Waals surface area (Å²) >= 11 is 6.36. The van der Waals surface area contributed by atoms with E-state index in [1.807, 2.05) is 43.3 Å². The van der Waals surface area contributed by atoms with Crippen LogP contribution in [0.4, 0.5) is 5.82 Å². The molecule has 0 bridgehead atoms. The Morgan fingerprint density at radius 1 is 1.19 bits per heavy atom. The second-order valence-corrected chi connectivity index (χ2v) is 7.04. The molecule has 3 aromatic rings. The summed E-state index contributed by atoms with van der Waals surface area (Å²) in [6.07, 6.45) is 0.349. The zero-order valence-corrected chi connectivity index (χ0v) is 15.3. The smallest absolute Gasteiger partial charge is 0.231 e. The van der Waals surface area contributed by atoms with E-state index in [0.29, 0.717) is 23.0 Å². The molecule has 0 saturated heterocycles. The predicted octanol–water partition coefficient (Wildman–Crippen LogP) is 4.04. The summed E-state index contributed by atoms with van der Waals surface area (Å²) < 4.78 is 12.6. The van der Waals surface area contributed by atoms with Gasteiger partial charge in [-0.25, -0.2) is 4.68 Å². The van der Waals surface area contributed by atoms with E-state index in [0.717, 1.165) is 28.3 Å². The van der Waals surface area contributed by atoms with Gasteiger partial charge >= 0.3 is 0 Å². The van der Waals surface area contributed by atoms with Crippen molar-refractivity contribution in [1.82, 2.24) is 9.78 Å². The molecule has 0 spiro atoms. The fourth-order valence-corrected chi connectivity index (χ4v) is 3.98. The van der Waals surface area contributed by atoms with Crippen LogP contribution in [0.1, 0.15) is 29.2 Å². The summed E-state index contributed by atoms with van der Waals surface area (Å²) in [5.41, 5.74) is 3.58. The molecule has 0 aliphatic carbocycles. The van der Waals surface area contributed by atoms with Crippen LogP contribution in [0.2, 0.25) is 5.02 Å². The van der Waals surface area contributed by atoms with Gasteiger partial charge in [0.2, 0.25) is 12.7 Å². The van der Waals surface area contributed by atoms with E-state index < -0.39 is 0 Å². The number of ether oxygens (including phenoxy) is 2. The minimum atomic E-state index is -0.112. The lowest BCUT2D eigenvalue weighted by Gasteiger charge is -2.24. The number of para-hydroxylation sites is 1. The summed E-state index contributed by atoms with van der Waals surface area (Å²) in [5, 5.41) is 8.21. The van der Waals surface area contributed by atoms with Crippen molar-refractivity contribution in [3.63, 3.8) is 0 Å². The number of benzene rings is 2. The maximum absolute atomic E-state index is 12.5. The van der Waals surface area contributed by atoms with Gasteiger partial charge in [0.05, 0.1) is 16.4 Å². The molecule has 0 fully saturated rings. The number of aryl methyl sites for hydroxylation is 1. The van der Waals surface area contributed by atoms with Crippen molar-refractivity contribution in [3.8, 4) is 17.2 Å². The number of hydrogen-bond donors (Lipinski definition) is 1. The monoisotopic (exact) mass is 381 g/mol. The average molecular weight is 382 g/mol. The van der Waals surface area contributed by atoms with Gasteiger partial charge in [-0.1, -0.05) is 29.8 Å². The molecule has 7 heteroatoms. The number of fused-ring (bicyclic) bond motifs is 2. The molecule has 0 saturated carbocycles. The SMILES string of the molecule is Cc1nn(-c2ccccc2Cl)c2c1[C@H](c1ccc3c(c1)OCO3)CC(=O)N2. The second-order valence-electron chi connectivity index (χ2n) is 6.63. The molecule has 136 valence electrons. The number of halogens is 1. The van der Waals surface area contributed by atoms with E-state index in [4.69, 9.17) is 21.1 Å². The Hall–Kier alpha value is -2.99. The lowest BCUT2D eigenvalue weighted by atomic mass is 9.85. The number of aromatic nitrogens is 2. The van der Waals surface area contributed by atoms with Crippen LogP contribution < -0.4 is 14.8 Å². The average Bonchev–Trinajstić information content (AvgIpc) is 3.25. The highest BCUT2D eigenvalue weighted by Gasteiger charge is 2.33. The summed E-state index contributed by atoms with van der Waals surface area (Å²) in [4.78, 5) is 12.5. The van der Waals surface area contributed by atoms with Crippen LogP contribution in [0.3, 0.4) is 0 Å².